The number of hydrogen-bond acceptors (Lipinski definition) is 1. The minimum absolute atomic E-state index is 0.0111. The van der Waals surface area contributed by atoms with Gasteiger partial charge in [0.2, 0.25) is 5.91 Å². The highest BCUT2D eigenvalue weighted by atomic mass is 19.1. The first kappa shape index (κ1) is 11.7. The number of amides is 1. The maximum Gasteiger partial charge on any atom is 0.222 e. The number of halogens is 1. The zero-order valence-electron chi connectivity index (χ0n) is 9.30. The fraction of sp³-hybridized carbons (Fsp3) is 0.417. The van der Waals surface area contributed by atoms with Crippen molar-refractivity contribution in [2.75, 3.05) is 0 Å². The molecule has 0 aliphatic carbocycles. The SMILES string of the molecule is Cc1cc(CNC(=O)C(C)C)ccc1F. The standard InChI is InChI=1S/C12H16FNO/c1-8(2)12(15)14-7-10-4-5-11(13)9(3)6-10/h4-6,8H,7H2,1-3H3,(H,14,15). The summed E-state index contributed by atoms with van der Waals surface area (Å²) < 4.78 is 12.9. The van der Waals surface area contributed by atoms with E-state index in [-0.39, 0.29) is 17.6 Å². The average Bonchev–Trinajstić information content (AvgIpc) is 2.19. The summed E-state index contributed by atoms with van der Waals surface area (Å²) in [5.74, 6) is -0.225. The number of carbonyl (C=O) groups excluding carboxylic acids is 1. The van der Waals surface area contributed by atoms with E-state index in [9.17, 15) is 9.18 Å². The summed E-state index contributed by atoms with van der Waals surface area (Å²) >= 11 is 0. The van der Waals surface area contributed by atoms with Crippen molar-refractivity contribution in [1.82, 2.24) is 5.32 Å². The molecule has 15 heavy (non-hydrogen) atoms. The Hall–Kier alpha value is -1.38. The van der Waals surface area contributed by atoms with Crippen LogP contribution >= 0.6 is 0 Å². The van der Waals surface area contributed by atoms with Gasteiger partial charge in [0.05, 0.1) is 0 Å². The van der Waals surface area contributed by atoms with Crippen LogP contribution in [-0.2, 0) is 11.3 Å². The molecule has 0 aliphatic rings. The second-order valence-corrected chi connectivity index (χ2v) is 3.96. The number of aryl methyl sites for hydroxylation is 1. The van der Waals surface area contributed by atoms with Crippen LogP contribution in [0.5, 0.6) is 0 Å². The molecule has 1 aromatic rings. The van der Waals surface area contributed by atoms with Gasteiger partial charge < -0.3 is 5.32 Å². The zero-order valence-corrected chi connectivity index (χ0v) is 9.30. The third kappa shape index (κ3) is 3.35. The van der Waals surface area contributed by atoms with E-state index in [2.05, 4.69) is 5.32 Å². The van der Waals surface area contributed by atoms with Crippen molar-refractivity contribution in [3.63, 3.8) is 0 Å². The Morgan fingerprint density at radius 1 is 1.47 bits per heavy atom. The van der Waals surface area contributed by atoms with Gasteiger partial charge in [-0.05, 0) is 24.1 Å². The van der Waals surface area contributed by atoms with Gasteiger partial charge in [0.25, 0.3) is 0 Å². The Labute approximate surface area is 89.5 Å². The Bertz CT molecular complexity index is 361. The van der Waals surface area contributed by atoms with Crippen molar-refractivity contribution in [3.8, 4) is 0 Å². The lowest BCUT2D eigenvalue weighted by molar-refractivity contribution is -0.124. The molecular weight excluding hydrogens is 193 g/mol. The Morgan fingerprint density at radius 2 is 2.13 bits per heavy atom. The molecule has 0 saturated heterocycles. The van der Waals surface area contributed by atoms with Crippen LogP contribution in [0.3, 0.4) is 0 Å². The molecule has 0 aliphatic heterocycles. The molecule has 0 fully saturated rings. The van der Waals surface area contributed by atoms with E-state index in [1.807, 2.05) is 13.8 Å². The normalized spacial score (nSPS) is 10.5. The molecule has 0 saturated carbocycles. The number of carbonyl (C=O) groups is 1. The Balaban J connectivity index is 2.58. The van der Waals surface area contributed by atoms with E-state index < -0.39 is 0 Å². The highest BCUT2D eigenvalue weighted by Crippen LogP contribution is 2.09. The number of nitrogens with one attached hydrogen (secondary N) is 1. The molecule has 0 unspecified atom stereocenters. The van der Waals surface area contributed by atoms with Gasteiger partial charge in [-0.1, -0.05) is 26.0 Å². The third-order valence-electron chi connectivity index (χ3n) is 2.21. The van der Waals surface area contributed by atoms with Crippen LogP contribution in [-0.4, -0.2) is 5.91 Å². The van der Waals surface area contributed by atoms with E-state index >= 15 is 0 Å². The maximum atomic E-state index is 12.9. The van der Waals surface area contributed by atoms with Gasteiger partial charge in [0.1, 0.15) is 5.82 Å². The van der Waals surface area contributed by atoms with Crippen LogP contribution < -0.4 is 5.32 Å². The average molecular weight is 209 g/mol. The molecule has 1 aromatic carbocycles. The van der Waals surface area contributed by atoms with Gasteiger partial charge in [-0.2, -0.15) is 0 Å². The van der Waals surface area contributed by atoms with Crippen molar-refractivity contribution >= 4 is 5.91 Å². The van der Waals surface area contributed by atoms with E-state index in [4.69, 9.17) is 0 Å². The molecule has 3 heteroatoms. The third-order valence-corrected chi connectivity index (χ3v) is 2.21. The van der Waals surface area contributed by atoms with Crippen LogP contribution in [0, 0.1) is 18.7 Å². The summed E-state index contributed by atoms with van der Waals surface area (Å²) in [6, 6.07) is 4.85. The van der Waals surface area contributed by atoms with Gasteiger partial charge in [-0.15, -0.1) is 0 Å². The minimum Gasteiger partial charge on any atom is -0.352 e. The van der Waals surface area contributed by atoms with Crippen molar-refractivity contribution in [2.24, 2.45) is 5.92 Å². The van der Waals surface area contributed by atoms with Crippen LogP contribution in [0.2, 0.25) is 0 Å². The van der Waals surface area contributed by atoms with Gasteiger partial charge in [0, 0.05) is 12.5 Å². The highest BCUT2D eigenvalue weighted by Gasteiger charge is 2.06. The summed E-state index contributed by atoms with van der Waals surface area (Å²) in [4.78, 5) is 11.3. The van der Waals surface area contributed by atoms with Crippen LogP contribution in [0.4, 0.5) is 4.39 Å². The Morgan fingerprint density at radius 3 is 2.67 bits per heavy atom. The van der Waals surface area contributed by atoms with Crippen molar-refractivity contribution in [2.45, 2.75) is 27.3 Å². The lowest BCUT2D eigenvalue weighted by Crippen LogP contribution is -2.27. The molecule has 2 nitrogen and oxygen atoms in total. The summed E-state index contributed by atoms with van der Waals surface area (Å²) in [7, 11) is 0. The monoisotopic (exact) mass is 209 g/mol. The molecule has 1 amide bonds. The smallest absolute Gasteiger partial charge is 0.222 e. The molecule has 0 aromatic heterocycles. The fourth-order valence-electron chi connectivity index (χ4n) is 1.21. The topological polar surface area (TPSA) is 29.1 Å². The van der Waals surface area contributed by atoms with Crippen molar-refractivity contribution in [3.05, 3.63) is 35.1 Å². The lowest BCUT2D eigenvalue weighted by atomic mass is 10.1. The fourth-order valence-corrected chi connectivity index (χ4v) is 1.21. The first-order chi connectivity index (χ1) is 7.00. The van der Waals surface area contributed by atoms with Crippen molar-refractivity contribution in [1.29, 1.82) is 0 Å². The molecule has 0 spiro atoms. The number of hydrogen-bond donors (Lipinski definition) is 1. The number of rotatable bonds is 3. The Kier molecular flexibility index (Phi) is 3.83. The summed E-state index contributed by atoms with van der Waals surface area (Å²) in [5, 5.41) is 2.78. The lowest BCUT2D eigenvalue weighted by Gasteiger charge is -2.08. The van der Waals surface area contributed by atoms with E-state index in [1.165, 1.54) is 6.07 Å². The summed E-state index contributed by atoms with van der Waals surface area (Å²) in [5.41, 5.74) is 1.52. The minimum atomic E-state index is -0.214. The molecule has 0 bridgehead atoms. The molecular formula is C12H16FNO. The van der Waals surface area contributed by atoms with Gasteiger partial charge in [-0.25, -0.2) is 4.39 Å². The maximum absolute atomic E-state index is 12.9. The molecule has 0 atom stereocenters. The highest BCUT2D eigenvalue weighted by molar-refractivity contribution is 5.77. The molecule has 82 valence electrons. The zero-order chi connectivity index (χ0) is 11.4. The van der Waals surface area contributed by atoms with Crippen LogP contribution in [0.15, 0.2) is 18.2 Å². The van der Waals surface area contributed by atoms with Gasteiger partial charge in [0.15, 0.2) is 0 Å². The second kappa shape index (κ2) is 4.91. The first-order valence-electron chi connectivity index (χ1n) is 5.03. The van der Waals surface area contributed by atoms with Gasteiger partial charge >= 0.3 is 0 Å². The van der Waals surface area contributed by atoms with E-state index in [0.29, 0.717) is 12.1 Å². The summed E-state index contributed by atoms with van der Waals surface area (Å²) in [6.07, 6.45) is 0. The predicted octanol–water partition coefficient (Wildman–Crippen LogP) is 2.41. The quantitative estimate of drug-likeness (QED) is 0.813. The molecule has 1 N–H and O–H groups in total. The van der Waals surface area contributed by atoms with Crippen molar-refractivity contribution < 1.29 is 9.18 Å². The molecule has 1 rings (SSSR count). The van der Waals surface area contributed by atoms with E-state index in [1.54, 1.807) is 19.1 Å². The largest absolute Gasteiger partial charge is 0.352 e. The molecule has 0 radical (unpaired) electrons. The van der Waals surface area contributed by atoms with Gasteiger partial charge in [-0.3, -0.25) is 4.79 Å². The van der Waals surface area contributed by atoms with Crippen LogP contribution in [0.25, 0.3) is 0 Å². The first-order valence-corrected chi connectivity index (χ1v) is 5.03. The number of benzene rings is 1. The summed E-state index contributed by atoms with van der Waals surface area (Å²) in [6.45, 7) is 5.84. The molecule has 0 heterocycles. The van der Waals surface area contributed by atoms with Crippen LogP contribution in [0.1, 0.15) is 25.0 Å². The second-order valence-electron chi connectivity index (χ2n) is 3.96. The van der Waals surface area contributed by atoms with E-state index in [0.717, 1.165) is 5.56 Å². The predicted molar refractivity (Wildman–Crippen MR) is 57.8 cm³/mol.